The number of aromatic nitrogens is 3. The maximum atomic E-state index is 6.10. The average molecular weight is 475 g/mol. The van der Waals surface area contributed by atoms with Crippen LogP contribution in [0.5, 0.6) is 5.75 Å². The summed E-state index contributed by atoms with van der Waals surface area (Å²) < 4.78 is 12.6. The number of nitrogens with two attached hydrogens (primary N) is 1. The zero-order chi connectivity index (χ0) is 24.0. The minimum Gasteiger partial charge on any atom is -0.494 e. The second kappa shape index (κ2) is 11.0. The molecule has 0 atom stereocenters. The van der Waals surface area contributed by atoms with E-state index in [2.05, 4.69) is 45.5 Å². The van der Waals surface area contributed by atoms with E-state index < -0.39 is 0 Å². The summed E-state index contributed by atoms with van der Waals surface area (Å²) in [5.74, 6) is 1.70. The molecule has 0 spiro atoms. The van der Waals surface area contributed by atoms with Gasteiger partial charge in [-0.1, -0.05) is 12.1 Å². The van der Waals surface area contributed by atoms with Gasteiger partial charge in [-0.2, -0.15) is 0 Å². The summed E-state index contributed by atoms with van der Waals surface area (Å²) in [5.41, 5.74) is 10.2. The van der Waals surface area contributed by atoms with E-state index in [1.54, 1.807) is 0 Å². The van der Waals surface area contributed by atoms with Crippen molar-refractivity contribution in [3.63, 3.8) is 0 Å². The first-order valence-corrected chi connectivity index (χ1v) is 12.5. The number of para-hydroxylation sites is 1. The molecular weight excluding hydrogens is 440 g/mol. The number of piperidine rings is 1. The first kappa shape index (κ1) is 23.5. The number of benzene rings is 2. The molecule has 0 saturated carbocycles. The van der Waals surface area contributed by atoms with Gasteiger partial charge in [-0.25, -0.2) is 9.97 Å². The van der Waals surface area contributed by atoms with Crippen LogP contribution in [0.15, 0.2) is 54.9 Å². The standard InChI is InChI=1S/C23H25N5O.C4H9NO/c1-2-29-18-7-8-20-19(14-18)25-15-28(20)22-9-6-16-4-3-5-21(23(16)26-22)27-12-10-17(24)11-13-27;1-3-6-4-2-5-1/h3-9,14-15,17H,2,10-13,24H2,1H3;5H,1-4H2. The molecule has 6 rings (SSSR count). The van der Waals surface area contributed by atoms with Gasteiger partial charge < -0.3 is 25.4 Å². The molecule has 2 aliphatic heterocycles. The molecule has 4 aromatic rings. The Bertz CT molecular complexity index is 1250. The fourth-order valence-corrected chi connectivity index (χ4v) is 4.60. The van der Waals surface area contributed by atoms with E-state index in [1.807, 2.05) is 36.0 Å². The van der Waals surface area contributed by atoms with Crippen LogP contribution in [-0.2, 0) is 4.74 Å². The van der Waals surface area contributed by atoms with Crippen LogP contribution in [0, 0.1) is 0 Å². The number of rotatable bonds is 4. The number of imidazole rings is 1. The van der Waals surface area contributed by atoms with Crippen LogP contribution in [0.1, 0.15) is 19.8 Å². The molecule has 4 heterocycles. The fraction of sp³-hybridized carbons (Fsp3) is 0.407. The number of pyridine rings is 1. The summed E-state index contributed by atoms with van der Waals surface area (Å²) in [6, 6.07) is 16.9. The van der Waals surface area contributed by atoms with Gasteiger partial charge in [0.1, 0.15) is 17.9 Å². The lowest BCUT2D eigenvalue weighted by molar-refractivity contribution is 0.109. The van der Waals surface area contributed by atoms with Gasteiger partial charge in [0.05, 0.1) is 42.1 Å². The number of nitrogens with one attached hydrogen (secondary N) is 1. The third-order valence-electron chi connectivity index (χ3n) is 6.49. The van der Waals surface area contributed by atoms with Gasteiger partial charge in [0.25, 0.3) is 0 Å². The predicted molar refractivity (Wildman–Crippen MR) is 141 cm³/mol. The summed E-state index contributed by atoms with van der Waals surface area (Å²) in [5, 5.41) is 4.30. The predicted octanol–water partition coefficient (Wildman–Crippen LogP) is 3.51. The molecule has 0 radical (unpaired) electrons. The molecule has 184 valence electrons. The van der Waals surface area contributed by atoms with Crippen LogP contribution in [-0.4, -0.2) is 66.6 Å². The summed E-state index contributed by atoms with van der Waals surface area (Å²) >= 11 is 0. The molecule has 2 aromatic carbocycles. The van der Waals surface area contributed by atoms with Crippen LogP contribution < -0.4 is 20.7 Å². The Hall–Kier alpha value is -3.20. The van der Waals surface area contributed by atoms with Crippen LogP contribution in [0.4, 0.5) is 5.69 Å². The third kappa shape index (κ3) is 5.40. The molecule has 0 aliphatic carbocycles. The number of morpholine rings is 1. The molecule has 2 fully saturated rings. The van der Waals surface area contributed by atoms with Crippen molar-refractivity contribution in [2.45, 2.75) is 25.8 Å². The van der Waals surface area contributed by atoms with Crippen LogP contribution in [0.3, 0.4) is 0 Å². The molecule has 0 bridgehead atoms. The Labute approximate surface area is 206 Å². The summed E-state index contributed by atoms with van der Waals surface area (Å²) in [6.45, 7) is 8.40. The lowest BCUT2D eigenvalue weighted by Crippen LogP contribution is -2.39. The minimum atomic E-state index is 0.309. The normalized spacial score (nSPS) is 16.8. The van der Waals surface area contributed by atoms with Crippen LogP contribution in [0.2, 0.25) is 0 Å². The Morgan fingerprint density at radius 1 is 1.09 bits per heavy atom. The van der Waals surface area contributed by atoms with E-state index in [1.165, 1.54) is 5.69 Å². The minimum absolute atomic E-state index is 0.309. The topological polar surface area (TPSA) is 90.5 Å². The Morgan fingerprint density at radius 2 is 1.91 bits per heavy atom. The summed E-state index contributed by atoms with van der Waals surface area (Å²) in [6.07, 6.45) is 3.87. The van der Waals surface area contributed by atoms with Crippen molar-refractivity contribution in [3.05, 3.63) is 54.9 Å². The molecule has 8 nitrogen and oxygen atoms in total. The van der Waals surface area contributed by atoms with Gasteiger partial charge in [0.2, 0.25) is 0 Å². The van der Waals surface area contributed by atoms with Crippen LogP contribution in [0.25, 0.3) is 27.8 Å². The molecule has 0 unspecified atom stereocenters. The Kier molecular flexibility index (Phi) is 7.42. The highest BCUT2D eigenvalue weighted by Crippen LogP contribution is 2.29. The van der Waals surface area contributed by atoms with E-state index in [9.17, 15) is 0 Å². The first-order chi connectivity index (χ1) is 17.2. The third-order valence-corrected chi connectivity index (χ3v) is 6.49. The summed E-state index contributed by atoms with van der Waals surface area (Å²) in [7, 11) is 0. The van der Waals surface area contributed by atoms with Gasteiger partial charge >= 0.3 is 0 Å². The first-order valence-electron chi connectivity index (χ1n) is 12.5. The maximum absolute atomic E-state index is 6.10. The SMILES string of the molecule is C1COCCN1.CCOc1ccc2c(c1)ncn2-c1ccc2cccc(N3CCC(N)CC3)c2n1. The van der Waals surface area contributed by atoms with E-state index in [4.69, 9.17) is 20.2 Å². The monoisotopic (exact) mass is 474 g/mol. The Balaban J connectivity index is 0.000000371. The highest BCUT2D eigenvalue weighted by atomic mass is 16.5. The smallest absolute Gasteiger partial charge is 0.139 e. The molecule has 2 aromatic heterocycles. The van der Waals surface area contributed by atoms with Crippen molar-refractivity contribution in [1.29, 1.82) is 0 Å². The second-order valence-corrected chi connectivity index (χ2v) is 8.90. The summed E-state index contributed by atoms with van der Waals surface area (Å²) in [4.78, 5) is 12.0. The zero-order valence-electron chi connectivity index (χ0n) is 20.3. The number of hydrogen-bond donors (Lipinski definition) is 2. The molecule has 2 aliphatic rings. The van der Waals surface area contributed by atoms with E-state index in [0.717, 1.165) is 85.7 Å². The molecule has 2 saturated heterocycles. The number of nitrogens with zero attached hydrogens (tertiary/aromatic N) is 4. The second-order valence-electron chi connectivity index (χ2n) is 8.90. The van der Waals surface area contributed by atoms with E-state index in [0.29, 0.717) is 12.6 Å². The quantitative estimate of drug-likeness (QED) is 0.468. The average Bonchev–Trinajstić information content (AvgIpc) is 3.33. The highest BCUT2D eigenvalue weighted by molar-refractivity contribution is 5.92. The van der Waals surface area contributed by atoms with Crippen molar-refractivity contribution >= 4 is 27.6 Å². The van der Waals surface area contributed by atoms with Crippen molar-refractivity contribution in [2.24, 2.45) is 5.73 Å². The van der Waals surface area contributed by atoms with Crippen molar-refractivity contribution in [3.8, 4) is 11.6 Å². The van der Waals surface area contributed by atoms with E-state index in [-0.39, 0.29) is 0 Å². The van der Waals surface area contributed by atoms with Crippen molar-refractivity contribution in [2.75, 3.05) is 50.9 Å². The molecule has 3 N–H and O–H groups in total. The van der Waals surface area contributed by atoms with Crippen molar-refractivity contribution < 1.29 is 9.47 Å². The van der Waals surface area contributed by atoms with Gasteiger partial charge in [-0.15, -0.1) is 0 Å². The van der Waals surface area contributed by atoms with Crippen molar-refractivity contribution in [1.82, 2.24) is 19.9 Å². The number of anilines is 1. The number of hydrogen-bond acceptors (Lipinski definition) is 7. The van der Waals surface area contributed by atoms with Gasteiger partial charge in [0, 0.05) is 43.7 Å². The van der Waals surface area contributed by atoms with E-state index >= 15 is 0 Å². The van der Waals surface area contributed by atoms with Gasteiger partial charge in [-0.05, 0) is 50.1 Å². The molecule has 0 amide bonds. The van der Waals surface area contributed by atoms with Crippen LogP contribution >= 0.6 is 0 Å². The Morgan fingerprint density at radius 3 is 2.63 bits per heavy atom. The number of ether oxygens (including phenoxy) is 2. The zero-order valence-corrected chi connectivity index (χ0v) is 20.3. The maximum Gasteiger partial charge on any atom is 0.139 e. The van der Waals surface area contributed by atoms with Gasteiger partial charge in [0.15, 0.2) is 0 Å². The number of fused-ring (bicyclic) bond motifs is 2. The molecular formula is C27H34N6O2. The van der Waals surface area contributed by atoms with Gasteiger partial charge in [-0.3, -0.25) is 4.57 Å². The molecule has 8 heteroatoms. The molecule has 35 heavy (non-hydrogen) atoms. The largest absolute Gasteiger partial charge is 0.494 e. The highest BCUT2D eigenvalue weighted by Gasteiger charge is 2.19. The lowest BCUT2D eigenvalue weighted by atomic mass is 10.0. The lowest BCUT2D eigenvalue weighted by Gasteiger charge is -2.32. The fourth-order valence-electron chi connectivity index (χ4n) is 4.60.